The first-order valence-electron chi connectivity index (χ1n) is 8.83. The van der Waals surface area contributed by atoms with Crippen LogP contribution in [0.25, 0.3) is 10.2 Å². The van der Waals surface area contributed by atoms with Gasteiger partial charge >= 0.3 is 6.18 Å². The Labute approximate surface area is 166 Å². The number of benzene rings is 2. The van der Waals surface area contributed by atoms with E-state index in [-0.39, 0.29) is 0 Å². The Hall–Kier alpha value is -2.38. The molecule has 28 heavy (non-hydrogen) atoms. The maximum absolute atomic E-state index is 12.7. The molecule has 0 bridgehead atoms. The predicted octanol–water partition coefficient (Wildman–Crippen LogP) is 5.40. The van der Waals surface area contributed by atoms with Crippen molar-refractivity contribution < 1.29 is 17.9 Å². The Morgan fingerprint density at radius 1 is 1.18 bits per heavy atom. The Morgan fingerprint density at radius 2 is 1.93 bits per heavy atom. The van der Waals surface area contributed by atoms with Crippen LogP contribution in [0.15, 0.2) is 55.1 Å². The third kappa shape index (κ3) is 5.33. The molecule has 0 amide bonds. The van der Waals surface area contributed by atoms with Gasteiger partial charge < -0.3 is 4.74 Å². The van der Waals surface area contributed by atoms with Crippen LogP contribution in [0.3, 0.4) is 0 Å². The van der Waals surface area contributed by atoms with E-state index in [2.05, 4.69) is 16.5 Å². The molecular formula is C21H21F3N2OS. The molecule has 0 radical (unpaired) electrons. The molecule has 1 aromatic heterocycles. The van der Waals surface area contributed by atoms with E-state index < -0.39 is 11.7 Å². The molecule has 0 fully saturated rings. The van der Waals surface area contributed by atoms with E-state index in [0.29, 0.717) is 13.0 Å². The summed E-state index contributed by atoms with van der Waals surface area (Å²) in [6, 6.07) is 11.0. The number of nitrogens with zero attached hydrogens (tertiary/aromatic N) is 2. The summed E-state index contributed by atoms with van der Waals surface area (Å²) < 4.78 is 44.8. The number of likely N-dealkylation sites (N-methyl/N-ethyl adjacent to an activating group) is 1. The summed E-state index contributed by atoms with van der Waals surface area (Å²) in [5.41, 5.74) is 1.03. The lowest BCUT2D eigenvalue weighted by atomic mass is 10.1. The zero-order chi connectivity index (χ0) is 20.1. The van der Waals surface area contributed by atoms with Crippen molar-refractivity contribution in [2.45, 2.75) is 12.6 Å². The van der Waals surface area contributed by atoms with E-state index in [4.69, 9.17) is 4.74 Å². The Bertz CT molecular complexity index is 935. The summed E-state index contributed by atoms with van der Waals surface area (Å²) in [6.45, 7) is 5.89. The van der Waals surface area contributed by atoms with Gasteiger partial charge in [0.25, 0.3) is 0 Å². The molecule has 0 aliphatic carbocycles. The van der Waals surface area contributed by atoms with Gasteiger partial charge in [0, 0.05) is 19.5 Å². The highest BCUT2D eigenvalue weighted by molar-refractivity contribution is 7.18. The minimum atomic E-state index is -4.31. The van der Waals surface area contributed by atoms with E-state index in [1.54, 1.807) is 0 Å². The molecule has 3 rings (SSSR count). The molecule has 7 heteroatoms. The number of alkyl halides is 3. The van der Waals surface area contributed by atoms with Crippen molar-refractivity contribution in [2.24, 2.45) is 0 Å². The van der Waals surface area contributed by atoms with Crippen LogP contribution in [0.5, 0.6) is 5.75 Å². The maximum Gasteiger partial charge on any atom is 0.416 e. The molecule has 0 saturated carbocycles. The highest BCUT2D eigenvalue weighted by Gasteiger charge is 2.29. The van der Waals surface area contributed by atoms with Gasteiger partial charge in [-0.25, -0.2) is 4.98 Å². The maximum atomic E-state index is 12.7. The van der Waals surface area contributed by atoms with Crippen LogP contribution < -0.4 is 4.74 Å². The number of halogens is 3. The van der Waals surface area contributed by atoms with Gasteiger partial charge in [-0.05, 0) is 42.9 Å². The third-order valence-corrected chi connectivity index (χ3v) is 5.24. The number of rotatable bonds is 8. The Morgan fingerprint density at radius 3 is 2.61 bits per heavy atom. The van der Waals surface area contributed by atoms with Crippen molar-refractivity contribution >= 4 is 21.6 Å². The fraction of sp³-hybridized carbons (Fsp3) is 0.286. The van der Waals surface area contributed by atoms with Crippen LogP contribution in [-0.4, -0.2) is 36.6 Å². The number of aromatic nitrogens is 1. The van der Waals surface area contributed by atoms with Gasteiger partial charge in [0.1, 0.15) is 12.4 Å². The molecule has 0 aliphatic heterocycles. The van der Waals surface area contributed by atoms with Crippen LogP contribution in [0, 0.1) is 0 Å². The van der Waals surface area contributed by atoms with E-state index in [9.17, 15) is 13.2 Å². The normalized spacial score (nSPS) is 11.9. The van der Waals surface area contributed by atoms with Crippen LogP contribution in [0.1, 0.15) is 16.1 Å². The first-order chi connectivity index (χ1) is 13.3. The van der Waals surface area contributed by atoms with E-state index >= 15 is 0 Å². The minimum Gasteiger partial charge on any atom is -0.492 e. The average molecular weight is 406 g/mol. The summed E-state index contributed by atoms with van der Waals surface area (Å²) in [6.07, 6.45) is -1.97. The smallest absolute Gasteiger partial charge is 0.416 e. The lowest BCUT2D eigenvalue weighted by molar-refractivity contribution is -0.137. The van der Waals surface area contributed by atoms with E-state index in [0.717, 1.165) is 51.8 Å². The number of hydrogen-bond acceptors (Lipinski definition) is 4. The Kier molecular flexibility index (Phi) is 6.36. The summed E-state index contributed by atoms with van der Waals surface area (Å²) in [5.74, 6) is 0.782. The zero-order valence-electron chi connectivity index (χ0n) is 15.5. The van der Waals surface area contributed by atoms with Gasteiger partial charge in [0.05, 0.1) is 20.8 Å². The molecule has 1 heterocycles. The molecular weight excluding hydrogens is 385 g/mol. The lowest BCUT2D eigenvalue weighted by Crippen LogP contribution is -2.24. The monoisotopic (exact) mass is 406 g/mol. The third-order valence-electron chi connectivity index (χ3n) is 4.22. The summed E-state index contributed by atoms with van der Waals surface area (Å²) in [4.78, 5) is 6.69. The van der Waals surface area contributed by atoms with Gasteiger partial charge in [-0.1, -0.05) is 18.2 Å². The van der Waals surface area contributed by atoms with E-state index in [1.807, 2.05) is 31.3 Å². The van der Waals surface area contributed by atoms with Crippen molar-refractivity contribution in [1.82, 2.24) is 9.88 Å². The number of hydrogen-bond donors (Lipinski definition) is 0. The summed E-state index contributed by atoms with van der Waals surface area (Å²) in [7, 11) is 2.00. The molecule has 0 aliphatic rings. The van der Waals surface area contributed by atoms with Crippen molar-refractivity contribution in [2.75, 3.05) is 26.7 Å². The minimum absolute atomic E-state index is 0.500. The van der Waals surface area contributed by atoms with Crippen molar-refractivity contribution in [3.8, 4) is 5.75 Å². The largest absolute Gasteiger partial charge is 0.492 e. The van der Waals surface area contributed by atoms with Gasteiger partial charge in [0.2, 0.25) is 0 Å². The zero-order valence-corrected chi connectivity index (χ0v) is 16.3. The molecule has 0 unspecified atom stereocenters. The summed E-state index contributed by atoms with van der Waals surface area (Å²) >= 11 is 1.53. The molecule has 0 atom stereocenters. The molecule has 0 N–H and O–H groups in total. The number of fused-ring (bicyclic) bond motifs is 1. The number of ether oxygens (including phenoxy) is 1. The van der Waals surface area contributed by atoms with Crippen LogP contribution >= 0.6 is 11.3 Å². The second kappa shape index (κ2) is 8.75. The first-order valence-corrected chi connectivity index (χ1v) is 9.64. The SMILES string of the molecule is C=CCN(C)CCOc1ccc2nc(Cc3ccc(C(F)(F)F)cc3)sc2c1. The molecule has 148 valence electrons. The molecule has 0 saturated heterocycles. The topological polar surface area (TPSA) is 25.4 Å². The van der Waals surface area contributed by atoms with Crippen LogP contribution in [0.4, 0.5) is 13.2 Å². The fourth-order valence-electron chi connectivity index (χ4n) is 2.74. The molecule has 2 aromatic carbocycles. The standard InChI is InChI=1S/C21H21F3N2OS/c1-3-10-26(2)11-12-27-17-8-9-18-19(14-17)28-20(25-18)13-15-4-6-16(7-5-15)21(22,23)24/h3-9,14H,1,10-13H2,2H3. The van der Waals surface area contributed by atoms with Crippen molar-refractivity contribution in [3.05, 3.63) is 71.3 Å². The molecule has 3 aromatic rings. The van der Waals surface area contributed by atoms with Crippen molar-refractivity contribution in [1.29, 1.82) is 0 Å². The van der Waals surface area contributed by atoms with Gasteiger partial charge in [-0.15, -0.1) is 17.9 Å². The average Bonchev–Trinajstić information content (AvgIpc) is 3.03. The molecule has 3 nitrogen and oxygen atoms in total. The number of thiazole rings is 1. The summed E-state index contributed by atoms with van der Waals surface area (Å²) in [5, 5.41) is 0.859. The quantitative estimate of drug-likeness (QED) is 0.468. The predicted molar refractivity (Wildman–Crippen MR) is 107 cm³/mol. The Balaban J connectivity index is 1.64. The van der Waals surface area contributed by atoms with Gasteiger partial charge in [-0.3, -0.25) is 4.90 Å². The highest BCUT2D eigenvalue weighted by atomic mass is 32.1. The second-order valence-corrected chi connectivity index (χ2v) is 7.62. The van der Waals surface area contributed by atoms with Crippen LogP contribution in [0.2, 0.25) is 0 Å². The van der Waals surface area contributed by atoms with Crippen LogP contribution in [-0.2, 0) is 12.6 Å². The highest BCUT2D eigenvalue weighted by Crippen LogP contribution is 2.31. The van der Waals surface area contributed by atoms with Gasteiger partial charge in [0.15, 0.2) is 0 Å². The fourth-order valence-corrected chi connectivity index (χ4v) is 3.77. The van der Waals surface area contributed by atoms with Gasteiger partial charge in [-0.2, -0.15) is 13.2 Å². The van der Waals surface area contributed by atoms with Crippen molar-refractivity contribution in [3.63, 3.8) is 0 Å². The van der Waals surface area contributed by atoms with E-state index in [1.165, 1.54) is 23.5 Å². The first kappa shape index (κ1) is 20.4. The second-order valence-electron chi connectivity index (χ2n) is 6.51. The lowest BCUT2D eigenvalue weighted by Gasteiger charge is -2.14. The molecule has 0 spiro atoms.